The van der Waals surface area contributed by atoms with E-state index in [9.17, 15) is 9.90 Å². The van der Waals surface area contributed by atoms with Crippen LogP contribution in [0.2, 0.25) is 0 Å². The average molecular weight is 575 g/mol. The van der Waals surface area contributed by atoms with Gasteiger partial charge in [0.05, 0.1) is 26.4 Å². The molecule has 1 saturated heterocycles. The Kier molecular flexibility index (Phi) is 11.9. The van der Waals surface area contributed by atoms with Gasteiger partial charge < -0.3 is 34.1 Å². The number of carbonyl (C=O) groups excluding carboxylic acids is 1. The molecule has 2 N–H and O–H groups in total. The Morgan fingerprint density at radius 3 is 2.24 bits per heavy atom. The molecular formula is C26H30Cl3NO7. The molecule has 2 aromatic carbocycles. The van der Waals surface area contributed by atoms with E-state index in [-0.39, 0.29) is 19.8 Å². The molecule has 11 heteroatoms. The molecule has 2 aromatic rings. The van der Waals surface area contributed by atoms with Gasteiger partial charge >= 0.3 is 6.09 Å². The zero-order chi connectivity index (χ0) is 26.7. The van der Waals surface area contributed by atoms with Gasteiger partial charge in [0.1, 0.15) is 31.0 Å². The fourth-order valence-electron chi connectivity index (χ4n) is 3.67. The standard InChI is InChI=1S/C26H30Cl3NO7/c1-2-13-34-24-21(30-25(32)36-17-26(27,28)29)23(35-15-19-11-7-4-8-12-19)22(31)20(37-24)16-33-14-18-9-5-3-6-10-18/h2-12,20-24,31H,1,13-17H2,(H,30,32)/t20-,21-,22-,23-,24+/m1/s1. The Morgan fingerprint density at radius 1 is 1.03 bits per heavy atom. The number of aliphatic hydroxyl groups is 1. The van der Waals surface area contributed by atoms with E-state index < -0.39 is 47.1 Å². The lowest BCUT2D eigenvalue weighted by atomic mass is 9.96. The van der Waals surface area contributed by atoms with Crippen LogP contribution in [0.25, 0.3) is 0 Å². The lowest BCUT2D eigenvalue weighted by Crippen LogP contribution is -2.65. The first kappa shape index (κ1) is 29.7. The summed E-state index contributed by atoms with van der Waals surface area (Å²) in [6, 6.07) is 18.0. The number of hydrogen-bond acceptors (Lipinski definition) is 7. The van der Waals surface area contributed by atoms with Crippen LogP contribution in [-0.4, -0.2) is 65.5 Å². The molecule has 0 aromatic heterocycles. The first-order valence-electron chi connectivity index (χ1n) is 11.6. The lowest BCUT2D eigenvalue weighted by Gasteiger charge is -2.44. The summed E-state index contributed by atoms with van der Waals surface area (Å²) in [5, 5.41) is 13.9. The van der Waals surface area contributed by atoms with Gasteiger partial charge in [0.15, 0.2) is 6.29 Å². The summed E-state index contributed by atoms with van der Waals surface area (Å²) in [6.45, 7) is 3.83. The van der Waals surface area contributed by atoms with Gasteiger partial charge in [0.2, 0.25) is 3.79 Å². The van der Waals surface area contributed by atoms with E-state index in [1.54, 1.807) is 0 Å². The number of hydrogen-bond donors (Lipinski definition) is 2. The molecule has 202 valence electrons. The first-order chi connectivity index (χ1) is 17.8. The van der Waals surface area contributed by atoms with E-state index in [1.807, 2.05) is 60.7 Å². The molecule has 8 nitrogen and oxygen atoms in total. The van der Waals surface area contributed by atoms with Crippen molar-refractivity contribution in [1.29, 1.82) is 0 Å². The monoisotopic (exact) mass is 573 g/mol. The Labute approximate surface area is 231 Å². The molecule has 1 fully saturated rings. The van der Waals surface area contributed by atoms with Gasteiger partial charge in [-0.1, -0.05) is 102 Å². The Balaban J connectivity index is 1.75. The maximum absolute atomic E-state index is 12.5. The highest BCUT2D eigenvalue weighted by Gasteiger charge is 2.47. The third-order valence-electron chi connectivity index (χ3n) is 5.38. The minimum absolute atomic E-state index is 0.0552. The van der Waals surface area contributed by atoms with Crippen molar-refractivity contribution in [3.05, 3.63) is 84.4 Å². The minimum atomic E-state index is -1.79. The van der Waals surface area contributed by atoms with Crippen LogP contribution >= 0.6 is 34.8 Å². The summed E-state index contributed by atoms with van der Waals surface area (Å²) in [6.07, 6.45) is -3.32. The molecule has 1 heterocycles. The molecule has 0 unspecified atom stereocenters. The SMILES string of the molecule is C=CCO[C@H]1O[C@H](COCc2ccccc2)[C@@H](O)[C@H](OCc2ccccc2)[C@H]1NC(=O)OCC(Cl)(Cl)Cl. The van der Waals surface area contributed by atoms with Crippen LogP contribution in [0.1, 0.15) is 11.1 Å². The molecular weight excluding hydrogens is 545 g/mol. The van der Waals surface area contributed by atoms with Crippen molar-refractivity contribution in [2.24, 2.45) is 0 Å². The van der Waals surface area contributed by atoms with Crippen molar-refractivity contribution in [2.45, 2.75) is 47.7 Å². The second-order valence-electron chi connectivity index (χ2n) is 8.28. The number of rotatable bonds is 12. The van der Waals surface area contributed by atoms with Crippen molar-refractivity contribution < 1.29 is 33.6 Å². The lowest BCUT2D eigenvalue weighted by molar-refractivity contribution is -0.278. The summed E-state index contributed by atoms with van der Waals surface area (Å²) < 4.78 is 26.9. The zero-order valence-corrected chi connectivity index (χ0v) is 22.3. The predicted molar refractivity (Wildman–Crippen MR) is 140 cm³/mol. The predicted octanol–water partition coefficient (Wildman–Crippen LogP) is 4.54. The van der Waals surface area contributed by atoms with Crippen molar-refractivity contribution in [1.82, 2.24) is 5.32 Å². The molecule has 1 aliphatic heterocycles. The van der Waals surface area contributed by atoms with Crippen LogP contribution in [0.15, 0.2) is 73.3 Å². The van der Waals surface area contributed by atoms with Crippen molar-refractivity contribution in [3.8, 4) is 0 Å². The third-order valence-corrected chi connectivity index (χ3v) is 5.71. The second-order valence-corrected chi connectivity index (χ2v) is 10.8. The van der Waals surface area contributed by atoms with Crippen LogP contribution in [0.4, 0.5) is 4.79 Å². The summed E-state index contributed by atoms with van der Waals surface area (Å²) in [4.78, 5) is 12.5. The minimum Gasteiger partial charge on any atom is -0.445 e. The first-order valence-corrected chi connectivity index (χ1v) is 12.7. The zero-order valence-electron chi connectivity index (χ0n) is 20.0. The van der Waals surface area contributed by atoms with E-state index in [0.717, 1.165) is 11.1 Å². The van der Waals surface area contributed by atoms with Crippen LogP contribution < -0.4 is 5.32 Å². The third kappa shape index (κ3) is 10.1. The number of aliphatic hydroxyl groups excluding tert-OH is 1. The summed E-state index contributed by atoms with van der Waals surface area (Å²) in [7, 11) is 0. The van der Waals surface area contributed by atoms with Crippen LogP contribution in [0, 0.1) is 0 Å². The highest BCUT2D eigenvalue weighted by molar-refractivity contribution is 6.67. The van der Waals surface area contributed by atoms with Crippen LogP contribution in [-0.2, 0) is 36.9 Å². The molecule has 0 saturated carbocycles. The average Bonchev–Trinajstić information content (AvgIpc) is 2.88. The second kappa shape index (κ2) is 14.9. The van der Waals surface area contributed by atoms with Crippen molar-refractivity contribution in [2.75, 3.05) is 19.8 Å². The maximum Gasteiger partial charge on any atom is 0.407 e. The summed E-state index contributed by atoms with van der Waals surface area (Å²) in [5.41, 5.74) is 1.85. The molecule has 3 rings (SSSR count). The molecule has 0 aliphatic carbocycles. The van der Waals surface area contributed by atoms with Crippen molar-refractivity contribution in [3.63, 3.8) is 0 Å². The van der Waals surface area contributed by atoms with E-state index >= 15 is 0 Å². The van der Waals surface area contributed by atoms with Crippen molar-refractivity contribution >= 4 is 40.9 Å². The van der Waals surface area contributed by atoms with Gasteiger partial charge in [-0.2, -0.15) is 0 Å². The number of alkyl carbamates (subject to hydrolysis) is 1. The number of ether oxygens (including phenoxy) is 5. The van der Waals surface area contributed by atoms with Gasteiger partial charge in [-0.25, -0.2) is 4.79 Å². The highest BCUT2D eigenvalue weighted by Crippen LogP contribution is 2.28. The van der Waals surface area contributed by atoms with Crippen LogP contribution in [0.3, 0.4) is 0 Å². The fourth-order valence-corrected chi connectivity index (χ4v) is 3.84. The van der Waals surface area contributed by atoms with E-state index in [1.165, 1.54) is 6.08 Å². The molecule has 0 radical (unpaired) electrons. The normalized spacial score (nSPS) is 23.8. The quantitative estimate of drug-likeness (QED) is 0.284. The van der Waals surface area contributed by atoms with Gasteiger partial charge in [0, 0.05) is 0 Å². The molecule has 0 spiro atoms. The number of benzene rings is 2. The van der Waals surface area contributed by atoms with Gasteiger partial charge in [-0.3, -0.25) is 0 Å². The Morgan fingerprint density at radius 2 is 1.65 bits per heavy atom. The molecule has 5 atom stereocenters. The number of alkyl halides is 3. The maximum atomic E-state index is 12.5. The Bertz CT molecular complexity index is 962. The summed E-state index contributed by atoms with van der Waals surface area (Å²) in [5.74, 6) is 0. The number of amides is 1. The molecule has 1 amide bonds. The number of halogens is 3. The van der Waals surface area contributed by atoms with Crippen LogP contribution in [0.5, 0.6) is 0 Å². The fraction of sp³-hybridized carbons (Fsp3) is 0.423. The summed E-state index contributed by atoms with van der Waals surface area (Å²) >= 11 is 17.1. The smallest absolute Gasteiger partial charge is 0.407 e. The molecule has 0 bridgehead atoms. The van der Waals surface area contributed by atoms with E-state index in [4.69, 9.17) is 58.5 Å². The van der Waals surface area contributed by atoms with Gasteiger partial charge in [-0.15, -0.1) is 6.58 Å². The molecule has 1 aliphatic rings. The number of nitrogens with one attached hydrogen (secondary N) is 1. The highest BCUT2D eigenvalue weighted by atomic mass is 35.6. The largest absolute Gasteiger partial charge is 0.445 e. The van der Waals surface area contributed by atoms with E-state index in [0.29, 0.717) is 6.61 Å². The number of carbonyl (C=O) groups is 1. The van der Waals surface area contributed by atoms with Gasteiger partial charge in [-0.05, 0) is 11.1 Å². The molecule has 37 heavy (non-hydrogen) atoms. The Hall–Kier alpha value is -1.88. The van der Waals surface area contributed by atoms with E-state index in [2.05, 4.69) is 11.9 Å². The topological polar surface area (TPSA) is 95.5 Å². The van der Waals surface area contributed by atoms with Gasteiger partial charge in [0.25, 0.3) is 0 Å².